The Bertz CT molecular complexity index is 475. The number of hydrogen-bond acceptors (Lipinski definition) is 6. The number of methoxy groups -OCH3 is 1. The van der Waals surface area contributed by atoms with E-state index in [9.17, 15) is 9.59 Å². The SMILES string of the molecule is COC(=O)CC1CCC(c2nnc(NC(C)=O)s2)C1. The number of carbonyl (C=O) groups is 2. The van der Waals surface area contributed by atoms with E-state index in [0.29, 0.717) is 23.4 Å². The van der Waals surface area contributed by atoms with Gasteiger partial charge in [-0.3, -0.25) is 9.59 Å². The van der Waals surface area contributed by atoms with Gasteiger partial charge in [-0.15, -0.1) is 10.2 Å². The first-order valence-corrected chi connectivity index (χ1v) is 7.08. The lowest BCUT2D eigenvalue weighted by molar-refractivity contribution is -0.141. The molecule has 0 saturated heterocycles. The van der Waals surface area contributed by atoms with Crippen molar-refractivity contribution >= 4 is 28.3 Å². The van der Waals surface area contributed by atoms with Crippen LogP contribution in [0.25, 0.3) is 0 Å². The third-order valence-corrected chi connectivity index (χ3v) is 4.30. The highest BCUT2D eigenvalue weighted by molar-refractivity contribution is 7.15. The summed E-state index contributed by atoms with van der Waals surface area (Å²) in [4.78, 5) is 22.2. The minimum absolute atomic E-state index is 0.141. The normalized spacial score (nSPS) is 22.2. The van der Waals surface area contributed by atoms with Gasteiger partial charge in [0.15, 0.2) is 0 Å². The predicted octanol–water partition coefficient (Wildman–Crippen LogP) is 1.94. The molecule has 0 bridgehead atoms. The van der Waals surface area contributed by atoms with Crippen molar-refractivity contribution in [1.82, 2.24) is 10.2 Å². The van der Waals surface area contributed by atoms with Crippen molar-refractivity contribution in [2.75, 3.05) is 12.4 Å². The molecule has 2 rings (SSSR count). The average Bonchev–Trinajstić information content (AvgIpc) is 2.97. The number of esters is 1. The molecule has 1 aliphatic rings. The lowest BCUT2D eigenvalue weighted by atomic mass is 10.0. The van der Waals surface area contributed by atoms with Crippen LogP contribution in [0.15, 0.2) is 0 Å². The smallest absolute Gasteiger partial charge is 0.305 e. The Hall–Kier alpha value is -1.50. The summed E-state index contributed by atoms with van der Waals surface area (Å²) < 4.78 is 4.69. The molecule has 1 aromatic heterocycles. The largest absolute Gasteiger partial charge is 0.469 e. The zero-order chi connectivity index (χ0) is 13.8. The summed E-state index contributed by atoms with van der Waals surface area (Å²) in [5, 5.41) is 12.2. The predicted molar refractivity (Wildman–Crippen MR) is 70.9 cm³/mol. The Kier molecular flexibility index (Phi) is 4.47. The highest BCUT2D eigenvalue weighted by Gasteiger charge is 2.30. The highest BCUT2D eigenvalue weighted by atomic mass is 32.1. The van der Waals surface area contributed by atoms with Crippen LogP contribution < -0.4 is 5.32 Å². The maximum atomic E-state index is 11.2. The number of anilines is 1. The van der Waals surface area contributed by atoms with E-state index in [1.165, 1.54) is 25.4 Å². The van der Waals surface area contributed by atoms with Crippen LogP contribution in [-0.2, 0) is 14.3 Å². The molecule has 0 aromatic carbocycles. The van der Waals surface area contributed by atoms with E-state index in [-0.39, 0.29) is 11.9 Å². The van der Waals surface area contributed by atoms with Crippen LogP contribution in [0.2, 0.25) is 0 Å². The summed E-state index contributed by atoms with van der Waals surface area (Å²) in [7, 11) is 1.42. The monoisotopic (exact) mass is 283 g/mol. The zero-order valence-electron chi connectivity index (χ0n) is 11.0. The minimum Gasteiger partial charge on any atom is -0.469 e. The van der Waals surface area contributed by atoms with E-state index in [0.717, 1.165) is 24.3 Å². The van der Waals surface area contributed by atoms with Gasteiger partial charge in [0.25, 0.3) is 0 Å². The van der Waals surface area contributed by atoms with Gasteiger partial charge in [-0.25, -0.2) is 0 Å². The third-order valence-electron chi connectivity index (χ3n) is 3.30. The maximum absolute atomic E-state index is 11.2. The Labute approximate surface area is 115 Å². The van der Waals surface area contributed by atoms with Gasteiger partial charge in [0.05, 0.1) is 7.11 Å². The van der Waals surface area contributed by atoms with E-state index in [4.69, 9.17) is 0 Å². The first-order valence-electron chi connectivity index (χ1n) is 6.26. The standard InChI is InChI=1S/C12H17N3O3S/c1-7(16)13-12-15-14-11(19-12)9-4-3-8(5-9)6-10(17)18-2/h8-9H,3-6H2,1-2H3,(H,13,15,16). The van der Waals surface area contributed by atoms with Gasteiger partial charge >= 0.3 is 5.97 Å². The molecule has 104 valence electrons. The summed E-state index contributed by atoms with van der Waals surface area (Å²) >= 11 is 1.41. The summed E-state index contributed by atoms with van der Waals surface area (Å²) in [6.45, 7) is 1.45. The second kappa shape index (κ2) is 6.10. The van der Waals surface area contributed by atoms with E-state index in [2.05, 4.69) is 20.3 Å². The number of nitrogens with one attached hydrogen (secondary N) is 1. The first kappa shape index (κ1) is 13.9. The lowest BCUT2D eigenvalue weighted by Crippen LogP contribution is -2.07. The molecule has 2 atom stereocenters. The maximum Gasteiger partial charge on any atom is 0.305 e. The van der Waals surface area contributed by atoms with Crippen molar-refractivity contribution in [2.45, 2.75) is 38.5 Å². The minimum atomic E-state index is -0.151. The molecule has 19 heavy (non-hydrogen) atoms. The molecule has 7 heteroatoms. The van der Waals surface area contributed by atoms with E-state index in [1.54, 1.807) is 0 Å². The molecule has 0 radical (unpaired) electrons. The number of aromatic nitrogens is 2. The molecule has 0 aliphatic heterocycles. The molecule has 1 saturated carbocycles. The second-order valence-electron chi connectivity index (χ2n) is 4.78. The average molecular weight is 283 g/mol. The van der Waals surface area contributed by atoms with Crippen molar-refractivity contribution < 1.29 is 14.3 Å². The zero-order valence-corrected chi connectivity index (χ0v) is 11.8. The Morgan fingerprint density at radius 3 is 2.89 bits per heavy atom. The summed E-state index contributed by atoms with van der Waals surface area (Å²) in [6, 6.07) is 0. The van der Waals surface area contributed by atoms with Crippen LogP contribution in [0.4, 0.5) is 5.13 Å². The van der Waals surface area contributed by atoms with Gasteiger partial charge in [-0.1, -0.05) is 11.3 Å². The van der Waals surface area contributed by atoms with Crippen molar-refractivity contribution in [3.05, 3.63) is 5.01 Å². The number of hydrogen-bond donors (Lipinski definition) is 1. The number of nitrogens with zero attached hydrogens (tertiary/aromatic N) is 2. The van der Waals surface area contributed by atoms with Gasteiger partial charge < -0.3 is 10.1 Å². The van der Waals surface area contributed by atoms with Crippen LogP contribution in [0.5, 0.6) is 0 Å². The highest BCUT2D eigenvalue weighted by Crippen LogP contribution is 2.41. The summed E-state index contributed by atoms with van der Waals surface area (Å²) in [6.07, 6.45) is 3.43. The summed E-state index contributed by atoms with van der Waals surface area (Å²) in [5.74, 6) is 0.416. The first-order chi connectivity index (χ1) is 9.08. The molecule has 1 aromatic rings. The van der Waals surface area contributed by atoms with Gasteiger partial charge in [0, 0.05) is 19.3 Å². The van der Waals surface area contributed by atoms with Crippen molar-refractivity contribution in [3.63, 3.8) is 0 Å². The Balaban J connectivity index is 1.91. The van der Waals surface area contributed by atoms with Gasteiger partial charge in [-0.2, -0.15) is 0 Å². The fourth-order valence-electron chi connectivity index (χ4n) is 2.40. The molecule has 0 spiro atoms. The number of carbonyl (C=O) groups excluding carboxylic acids is 2. The molecule has 1 heterocycles. The molecule has 6 nitrogen and oxygen atoms in total. The van der Waals surface area contributed by atoms with Gasteiger partial charge in [-0.05, 0) is 25.2 Å². The van der Waals surface area contributed by atoms with Crippen LogP contribution >= 0.6 is 11.3 Å². The third kappa shape index (κ3) is 3.73. The van der Waals surface area contributed by atoms with Crippen molar-refractivity contribution in [1.29, 1.82) is 0 Å². The number of ether oxygens (including phenoxy) is 1. The molecule has 2 unspecified atom stereocenters. The fourth-order valence-corrected chi connectivity index (χ4v) is 3.34. The van der Waals surface area contributed by atoms with Gasteiger partial charge in [0.1, 0.15) is 5.01 Å². The summed E-state index contributed by atoms with van der Waals surface area (Å²) in [5.41, 5.74) is 0. The topological polar surface area (TPSA) is 81.2 Å². The van der Waals surface area contributed by atoms with Gasteiger partial charge in [0.2, 0.25) is 11.0 Å². The Morgan fingerprint density at radius 1 is 1.42 bits per heavy atom. The molecule has 1 aliphatic carbocycles. The van der Waals surface area contributed by atoms with Crippen molar-refractivity contribution in [2.24, 2.45) is 5.92 Å². The quantitative estimate of drug-likeness (QED) is 0.854. The van der Waals surface area contributed by atoms with Crippen LogP contribution in [0.1, 0.15) is 43.5 Å². The van der Waals surface area contributed by atoms with E-state index < -0.39 is 0 Å². The number of rotatable bonds is 4. The van der Waals surface area contributed by atoms with Crippen LogP contribution in [0.3, 0.4) is 0 Å². The van der Waals surface area contributed by atoms with Crippen LogP contribution in [0, 0.1) is 5.92 Å². The lowest BCUT2D eigenvalue weighted by Gasteiger charge is -2.07. The molecule has 1 N–H and O–H groups in total. The second-order valence-corrected chi connectivity index (χ2v) is 5.79. The number of amides is 1. The van der Waals surface area contributed by atoms with Crippen molar-refractivity contribution in [3.8, 4) is 0 Å². The van der Waals surface area contributed by atoms with Crippen LogP contribution in [-0.4, -0.2) is 29.2 Å². The van der Waals surface area contributed by atoms with E-state index in [1.807, 2.05) is 0 Å². The molecular weight excluding hydrogens is 266 g/mol. The molecule has 1 amide bonds. The van der Waals surface area contributed by atoms with E-state index >= 15 is 0 Å². The molecule has 1 fully saturated rings. The fraction of sp³-hybridized carbons (Fsp3) is 0.667. The molecular formula is C12H17N3O3S. The Morgan fingerprint density at radius 2 is 2.21 bits per heavy atom.